The second-order valence-corrected chi connectivity index (χ2v) is 15.4. The zero-order chi connectivity index (χ0) is 44.9. The lowest BCUT2D eigenvalue weighted by Crippen LogP contribution is -2.05. The van der Waals surface area contributed by atoms with Crippen LogP contribution in [0.15, 0.2) is 183 Å². The molecule has 0 radical (unpaired) electrons. The summed E-state index contributed by atoms with van der Waals surface area (Å²) in [5.41, 5.74) is 26.0. The summed E-state index contributed by atoms with van der Waals surface area (Å²) >= 11 is 1.93. The summed E-state index contributed by atoms with van der Waals surface area (Å²) in [6.07, 6.45) is 17.6. The van der Waals surface area contributed by atoms with E-state index in [0.717, 1.165) is 68.9 Å². The lowest BCUT2D eigenvalue weighted by Gasteiger charge is -2.09. The van der Waals surface area contributed by atoms with Crippen molar-refractivity contribution in [2.75, 3.05) is 18.5 Å². The minimum atomic E-state index is 0.735. The van der Waals surface area contributed by atoms with E-state index in [1.807, 2.05) is 108 Å². The Morgan fingerprint density at radius 2 is 1.48 bits per heavy atom. The molecule has 6 aromatic rings. The van der Waals surface area contributed by atoms with Crippen molar-refractivity contribution in [3.8, 4) is 11.1 Å². The fourth-order valence-corrected chi connectivity index (χ4v) is 7.93. The monoisotopic (exact) mass is 826 g/mol. The molecular formula is C57H67N3S. The number of hydrogen-bond acceptors (Lipinski definition) is 4. The molecule has 7 rings (SSSR count). The van der Waals surface area contributed by atoms with Crippen LogP contribution in [0.1, 0.15) is 82.0 Å². The number of nitrogens with one attached hydrogen (secondary N) is 1. The summed E-state index contributed by atoms with van der Waals surface area (Å²) in [6, 6.07) is 35.4. The summed E-state index contributed by atoms with van der Waals surface area (Å²) in [7, 11) is 1.96. The second-order valence-electron chi connectivity index (χ2n) is 14.2. The second kappa shape index (κ2) is 25.3. The van der Waals surface area contributed by atoms with Gasteiger partial charge in [-0.15, -0.1) is 11.3 Å². The van der Waals surface area contributed by atoms with Gasteiger partial charge in [-0.25, -0.2) is 0 Å². The van der Waals surface area contributed by atoms with Gasteiger partial charge in [0.2, 0.25) is 0 Å². The zero-order valence-electron chi connectivity index (χ0n) is 37.9. The molecule has 0 fully saturated rings. The van der Waals surface area contributed by atoms with Crippen molar-refractivity contribution in [3.63, 3.8) is 0 Å². The average Bonchev–Trinajstić information content (AvgIpc) is 3.67. The van der Waals surface area contributed by atoms with E-state index in [-0.39, 0.29) is 0 Å². The highest BCUT2D eigenvalue weighted by Gasteiger charge is 2.13. The number of hydrogen-bond donors (Lipinski definition) is 3. The molecule has 1 heterocycles. The SMILES string of the molecule is C=C(/C=C\C)Cc1ccccc1N.C=C/C(=C\C(NC)=C(C)C)c1ccc2sc3c(c2c1)C=CCC3.C=CC(=C)c1cc(N)cc(-c2ccc3ccccc3c2)c1.CC.CC. The van der Waals surface area contributed by atoms with Gasteiger partial charge in [0.05, 0.1) is 0 Å². The molecule has 316 valence electrons. The zero-order valence-corrected chi connectivity index (χ0v) is 38.7. The third-order valence-electron chi connectivity index (χ3n) is 9.82. The smallest absolute Gasteiger partial charge is 0.0352 e. The van der Waals surface area contributed by atoms with Gasteiger partial charge in [0.1, 0.15) is 0 Å². The Balaban J connectivity index is 0.000000242. The topological polar surface area (TPSA) is 64.1 Å². The molecule has 1 aliphatic carbocycles. The number of para-hydroxylation sites is 1. The number of aryl methyl sites for hydroxylation is 1. The van der Waals surface area contributed by atoms with Crippen molar-refractivity contribution < 1.29 is 0 Å². The first-order valence-corrected chi connectivity index (χ1v) is 22.1. The van der Waals surface area contributed by atoms with Crippen LogP contribution >= 0.6 is 11.3 Å². The highest BCUT2D eigenvalue weighted by atomic mass is 32.1. The minimum absolute atomic E-state index is 0.735. The molecule has 0 aliphatic heterocycles. The third-order valence-corrected chi connectivity index (χ3v) is 11.1. The quantitative estimate of drug-likeness (QED) is 0.0952. The van der Waals surface area contributed by atoms with Crippen LogP contribution in [0.25, 0.3) is 49.2 Å². The number of anilines is 2. The maximum absolute atomic E-state index is 6.03. The molecule has 61 heavy (non-hydrogen) atoms. The van der Waals surface area contributed by atoms with Gasteiger partial charge in [-0.05, 0) is 144 Å². The Labute approximate surface area is 371 Å². The van der Waals surface area contributed by atoms with Crippen LogP contribution in [0.5, 0.6) is 0 Å². The van der Waals surface area contributed by atoms with E-state index in [1.54, 1.807) is 6.08 Å². The molecule has 5 N–H and O–H groups in total. The molecule has 0 bridgehead atoms. The third kappa shape index (κ3) is 13.8. The van der Waals surface area contributed by atoms with Crippen molar-refractivity contribution in [2.24, 2.45) is 0 Å². The highest BCUT2D eigenvalue weighted by Crippen LogP contribution is 2.37. The number of rotatable bonds is 10. The predicted molar refractivity (Wildman–Crippen MR) is 279 cm³/mol. The Kier molecular flexibility index (Phi) is 20.3. The number of nitrogens with two attached hydrogens (primary N) is 2. The Hall–Kier alpha value is -6.36. The average molecular weight is 826 g/mol. The molecule has 0 saturated heterocycles. The van der Waals surface area contributed by atoms with E-state index in [1.165, 1.54) is 48.9 Å². The number of allylic oxidation sites excluding steroid dienone is 10. The number of likely N-dealkylation sites (N-methyl/N-ethyl adjacent to an activating group) is 1. The molecule has 1 aromatic heterocycles. The van der Waals surface area contributed by atoms with Crippen LogP contribution in [-0.4, -0.2) is 7.05 Å². The molecule has 5 aromatic carbocycles. The van der Waals surface area contributed by atoms with Crippen molar-refractivity contribution in [1.29, 1.82) is 0 Å². The molecule has 0 saturated carbocycles. The van der Waals surface area contributed by atoms with Crippen LogP contribution in [-0.2, 0) is 12.8 Å². The first-order chi connectivity index (χ1) is 29.5. The van der Waals surface area contributed by atoms with Crippen LogP contribution in [0.3, 0.4) is 0 Å². The summed E-state index contributed by atoms with van der Waals surface area (Å²) in [5.74, 6) is 0. The van der Waals surface area contributed by atoms with Crippen LogP contribution < -0.4 is 16.8 Å². The van der Waals surface area contributed by atoms with E-state index in [9.17, 15) is 0 Å². The largest absolute Gasteiger partial charge is 0.399 e. The fourth-order valence-electron chi connectivity index (χ4n) is 6.74. The van der Waals surface area contributed by atoms with Crippen molar-refractivity contribution >= 4 is 60.8 Å². The van der Waals surface area contributed by atoms with E-state index in [2.05, 4.69) is 130 Å². The van der Waals surface area contributed by atoms with Gasteiger partial charge in [0.15, 0.2) is 0 Å². The summed E-state index contributed by atoms with van der Waals surface area (Å²) < 4.78 is 1.38. The van der Waals surface area contributed by atoms with Crippen molar-refractivity contribution in [3.05, 3.63) is 210 Å². The summed E-state index contributed by atoms with van der Waals surface area (Å²) in [6.45, 7) is 29.9. The Morgan fingerprint density at radius 1 is 0.770 bits per heavy atom. The van der Waals surface area contributed by atoms with Gasteiger partial charge in [-0.3, -0.25) is 0 Å². The minimum Gasteiger partial charge on any atom is -0.399 e. The molecule has 0 spiro atoms. The van der Waals surface area contributed by atoms with Gasteiger partial charge in [0.25, 0.3) is 0 Å². The summed E-state index contributed by atoms with van der Waals surface area (Å²) in [5, 5.41) is 7.09. The Morgan fingerprint density at radius 3 is 2.13 bits per heavy atom. The van der Waals surface area contributed by atoms with Crippen LogP contribution in [0.4, 0.5) is 11.4 Å². The van der Waals surface area contributed by atoms with Gasteiger partial charge < -0.3 is 16.8 Å². The molecular weight excluding hydrogens is 759 g/mol. The van der Waals surface area contributed by atoms with E-state index in [4.69, 9.17) is 11.5 Å². The van der Waals surface area contributed by atoms with Gasteiger partial charge in [-0.2, -0.15) is 0 Å². The number of benzene rings is 5. The van der Waals surface area contributed by atoms with E-state index < -0.39 is 0 Å². The van der Waals surface area contributed by atoms with Crippen molar-refractivity contribution in [2.45, 2.75) is 67.7 Å². The summed E-state index contributed by atoms with van der Waals surface area (Å²) in [4.78, 5) is 1.52. The van der Waals surface area contributed by atoms with Crippen LogP contribution in [0.2, 0.25) is 0 Å². The normalized spacial score (nSPS) is 11.2. The molecule has 3 nitrogen and oxygen atoms in total. The molecule has 0 amide bonds. The van der Waals surface area contributed by atoms with Crippen LogP contribution in [0, 0.1) is 0 Å². The van der Waals surface area contributed by atoms with Gasteiger partial charge in [0, 0.05) is 39.1 Å². The lowest BCUT2D eigenvalue weighted by atomic mass is 9.97. The van der Waals surface area contributed by atoms with E-state index >= 15 is 0 Å². The van der Waals surface area contributed by atoms with E-state index in [0.29, 0.717) is 0 Å². The standard InChI is InChI=1S/C21H23NS.C20H17N.C12H15N.2C2H6/c1-5-15(13-19(22-4)14(2)3)16-10-11-21-18(12-16)17-8-6-7-9-20(17)23-21;1-3-14(2)18-11-19(13-20(21)12-18)17-9-8-15-6-4-5-7-16(15)10-17;1-3-6-10(2)9-11-7-4-5-8-12(11)13;2*1-2/h5-6,8,10-13,22H,1,7,9H2,2-4H3;3-13H,1-2,21H2;3-8H,2,9,13H2,1H3;2*1-2H3/b15-13+;;6-3-;;. The lowest BCUT2D eigenvalue weighted by molar-refractivity contribution is 1.000. The Bertz CT molecular complexity index is 2550. The number of nitrogen functional groups attached to an aromatic ring is 2. The first kappa shape index (κ1) is 49.0. The number of thiophene rings is 1. The predicted octanol–water partition coefficient (Wildman–Crippen LogP) is 16.2. The highest BCUT2D eigenvalue weighted by molar-refractivity contribution is 7.19. The molecule has 1 aliphatic rings. The first-order valence-electron chi connectivity index (χ1n) is 21.3. The maximum atomic E-state index is 6.03. The van der Waals surface area contributed by atoms with Gasteiger partial charge >= 0.3 is 0 Å². The van der Waals surface area contributed by atoms with Gasteiger partial charge in [-0.1, -0.05) is 162 Å². The fraction of sp³-hybridized carbons (Fsp3) is 0.193. The molecule has 0 atom stereocenters. The number of fused-ring (bicyclic) bond motifs is 4. The van der Waals surface area contributed by atoms with Crippen molar-refractivity contribution in [1.82, 2.24) is 5.32 Å². The molecule has 4 heteroatoms. The maximum Gasteiger partial charge on any atom is 0.0352 e. The molecule has 0 unspecified atom stereocenters.